The number of aromatic nitrogens is 2. The van der Waals surface area contributed by atoms with Crippen LogP contribution in [-0.4, -0.2) is 47.6 Å². The van der Waals surface area contributed by atoms with Gasteiger partial charge in [-0.2, -0.15) is 5.10 Å². The molecule has 0 saturated carbocycles. The quantitative estimate of drug-likeness (QED) is 0.369. The molecule has 35 heavy (non-hydrogen) atoms. The number of hydrogen-bond donors (Lipinski definition) is 2. The summed E-state index contributed by atoms with van der Waals surface area (Å²) in [7, 11) is 3.39. The van der Waals surface area contributed by atoms with Gasteiger partial charge in [-0.3, -0.25) is 14.7 Å². The minimum absolute atomic E-state index is 0.0166. The summed E-state index contributed by atoms with van der Waals surface area (Å²) in [6, 6.07) is 15.3. The molecule has 186 valence electrons. The number of carbonyl (C=O) groups excluding carboxylic acids is 2. The van der Waals surface area contributed by atoms with E-state index in [0.717, 1.165) is 53.9 Å². The zero-order chi connectivity index (χ0) is 25.2. The van der Waals surface area contributed by atoms with Gasteiger partial charge in [-0.1, -0.05) is 18.6 Å². The number of nitrogens with zero attached hydrogens (tertiary/aromatic N) is 2. The van der Waals surface area contributed by atoms with Crippen molar-refractivity contribution in [2.24, 2.45) is 0 Å². The molecule has 0 fully saturated rings. The predicted molar refractivity (Wildman–Crippen MR) is 133 cm³/mol. The number of aryl methyl sites for hydroxylation is 1. The van der Waals surface area contributed by atoms with E-state index in [0.29, 0.717) is 6.54 Å². The van der Waals surface area contributed by atoms with Crippen LogP contribution in [0.25, 0.3) is 11.3 Å². The molecule has 3 rings (SSSR count). The SMILES string of the molecule is COc1ccc(C(CC(=O)N(C)CCCCCc2cc(-c3ccc(F)cc3)n[nH]2)NC(C)=O)cc1. The number of methoxy groups -OCH3 is 1. The molecule has 1 heterocycles. The van der Waals surface area contributed by atoms with Crippen molar-refractivity contribution >= 4 is 11.8 Å². The molecule has 0 saturated heterocycles. The van der Waals surface area contributed by atoms with Gasteiger partial charge >= 0.3 is 0 Å². The average Bonchev–Trinajstić information content (AvgIpc) is 3.32. The van der Waals surface area contributed by atoms with Gasteiger partial charge in [0.25, 0.3) is 0 Å². The number of amides is 2. The molecule has 0 aliphatic carbocycles. The normalized spacial score (nSPS) is 11.7. The number of unbranched alkanes of at least 4 members (excludes halogenated alkanes) is 2. The number of hydrogen-bond acceptors (Lipinski definition) is 4. The molecule has 1 aromatic heterocycles. The smallest absolute Gasteiger partial charge is 0.224 e. The van der Waals surface area contributed by atoms with Crippen LogP contribution < -0.4 is 10.1 Å². The number of nitrogens with one attached hydrogen (secondary N) is 2. The summed E-state index contributed by atoms with van der Waals surface area (Å²) >= 11 is 0. The van der Waals surface area contributed by atoms with Gasteiger partial charge in [0.05, 0.1) is 25.3 Å². The first kappa shape index (κ1) is 25.9. The molecule has 1 atom stereocenters. The Hall–Kier alpha value is -3.68. The summed E-state index contributed by atoms with van der Waals surface area (Å²) < 4.78 is 18.3. The lowest BCUT2D eigenvalue weighted by Crippen LogP contribution is -2.34. The van der Waals surface area contributed by atoms with E-state index in [9.17, 15) is 14.0 Å². The summed E-state index contributed by atoms with van der Waals surface area (Å²) in [4.78, 5) is 26.2. The highest BCUT2D eigenvalue weighted by Gasteiger charge is 2.19. The zero-order valence-corrected chi connectivity index (χ0v) is 20.5. The second kappa shape index (κ2) is 12.7. The highest BCUT2D eigenvalue weighted by molar-refractivity contribution is 5.79. The summed E-state index contributed by atoms with van der Waals surface area (Å²) in [6.07, 6.45) is 3.87. The largest absolute Gasteiger partial charge is 0.497 e. The lowest BCUT2D eigenvalue weighted by atomic mass is 10.0. The first-order valence-electron chi connectivity index (χ1n) is 11.8. The highest BCUT2D eigenvalue weighted by Crippen LogP contribution is 2.22. The topological polar surface area (TPSA) is 87.3 Å². The monoisotopic (exact) mass is 480 g/mol. The van der Waals surface area contributed by atoms with Crippen molar-refractivity contribution in [3.05, 3.63) is 71.7 Å². The number of ether oxygens (including phenoxy) is 1. The Balaban J connectivity index is 1.42. The van der Waals surface area contributed by atoms with Crippen LogP contribution in [0.15, 0.2) is 54.6 Å². The van der Waals surface area contributed by atoms with Crippen LogP contribution in [-0.2, 0) is 16.0 Å². The molecule has 2 N–H and O–H groups in total. The van der Waals surface area contributed by atoms with Gasteiger partial charge in [0, 0.05) is 31.8 Å². The van der Waals surface area contributed by atoms with E-state index in [2.05, 4.69) is 15.5 Å². The minimum atomic E-state index is -0.385. The Kier molecular flexibility index (Phi) is 9.40. The number of benzene rings is 2. The molecule has 2 amide bonds. The van der Waals surface area contributed by atoms with Crippen molar-refractivity contribution in [1.29, 1.82) is 0 Å². The van der Waals surface area contributed by atoms with Crippen LogP contribution >= 0.6 is 0 Å². The van der Waals surface area contributed by atoms with Crippen LogP contribution in [0.5, 0.6) is 5.75 Å². The van der Waals surface area contributed by atoms with E-state index >= 15 is 0 Å². The Morgan fingerprint density at radius 2 is 1.80 bits per heavy atom. The molecule has 0 radical (unpaired) electrons. The molecular weight excluding hydrogens is 447 g/mol. The fourth-order valence-corrected chi connectivity index (χ4v) is 3.89. The Labute approximate surface area is 205 Å². The molecule has 0 spiro atoms. The van der Waals surface area contributed by atoms with E-state index in [4.69, 9.17) is 4.74 Å². The maximum absolute atomic E-state index is 13.1. The Morgan fingerprint density at radius 3 is 2.46 bits per heavy atom. The lowest BCUT2D eigenvalue weighted by Gasteiger charge is -2.23. The number of carbonyl (C=O) groups is 2. The van der Waals surface area contributed by atoms with Gasteiger partial charge in [0.1, 0.15) is 11.6 Å². The maximum atomic E-state index is 13.1. The second-order valence-corrected chi connectivity index (χ2v) is 8.64. The first-order valence-corrected chi connectivity index (χ1v) is 11.8. The van der Waals surface area contributed by atoms with Crippen LogP contribution in [0.2, 0.25) is 0 Å². The van der Waals surface area contributed by atoms with Crippen molar-refractivity contribution in [2.75, 3.05) is 20.7 Å². The summed E-state index contributed by atoms with van der Waals surface area (Å²) in [5.74, 6) is 0.264. The van der Waals surface area contributed by atoms with E-state index in [-0.39, 0.29) is 30.1 Å². The molecular formula is C27H33FN4O3. The van der Waals surface area contributed by atoms with Crippen LogP contribution in [0.1, 0.15) is 49.9 Å². The van der Waals surface area contributed by atoms with Crippen molar-refractivity contribution in [3.63, 3.8) is 0 Å². The molecule has 0 aliphatic heterocycles. The fraction of sp³-hybridized carbons (Fsp3) is 0.370. The van der Waals surface area contributed by atoms with Crippen molar-refractivity contribution in [2.45, 2.75) is 45.1 Å². The third-order valence-electron chi connectivity index (χ3n) is 5.91. The lowest BCUT2D eigenvalue weighted by molar-refractivity contribution is -0.130. The molecule has 1 unspecified atom stereocenters. The van der Waals surface area contributed by atoms with Crippen LogP contribution in [0, 0.1) is 5.82 Å². The molecule has 7 nitrogen and oxygen atoms in total. The van der Waals surface area contributed by atoms with E-state index in [1.54, 1.807) is 31.2 Å². The maximum Gasteiger partial charge on any atom is 0.224 e. The first-order chi connectivity index (χ1) is 16.9. The van der Waals surface area contributed by atoms with E-state index in [1.165, 1.54) is 19.1 Å². The predicted octanol–water partition coefficient (Wildman–Crippen LogP) is 4.66. The molecule has 2 aromatic carbocycles. The zero-order valence-electron chi connectivity index (χ0n) is 20.5. The van der Waals surface area contributed by atoms with Gasteiger partial charge < -0.3 is 15.0 Å². The Morgan fingerprint density at radius 1 is 1.09 bits per heavy atom. The summed E-state index contributed by atoms with van der Waals surface area (Å²) in [5.41, 5.74) is 3.57. The molecule has 8 heteroatoms. The van der Waals surface area contributed by atoms with Gasteiger partial charge in [-0.25, -0.2) is 4.39 Å². The fourth-order valence-electron chi connectivity index (χ4n) is 3.89. The average molecular weight is 481 g/mol. The third kappa shape index (κ3) is 7.95. The number of H-pyrrole nitrogens is 1. The molecule has 3 aromatic rings. The number of rotatable bonds is 12. The number of aromatic amines is 1. The van der Waals surface area contributed by atoms with Gasteiger partial charge in [0.15, 0.2) is 0 Å². The van der Waals surface area contributed by atoms with Gasteiger partial charge in [-0.05, 0) is 67.3 Å². The van der Waals surface area contributed by atoms with Crippen molar-refractivity contribution in [1.82, 2.24) is 20.4 Å². The van der Waals surface area contributed by atoms with Gasteiger partial charge in [-0.15, -0.1) is 0 Å². The van der Waals surface area contributed by atoms with Gasteiger partial charge in [0.2, 0.25) is 11.8 Å². The van der Waals surface area contributed by atoms with Crippen molar-refractivity contribution in [3.8, 4) is 17.0 Å². The van der Waals surface area contributed by atoms with Crippen LogP contribution in [0.3, 0.4) is 0 Å². The third-order valence-corrected chi connectivity index (χ3v) is 5.91. The standard InChI is InChI=1S/C27H33FN4O3/c1-19(33)29-25(20-10-14-24(35-3)15-11-20)18-27(34)32(2)16-6-4-5-7-23-17-26(31-30-23)21-8-12-22(28)13-9-21/h8-15,17,25H,4-7,16,18H2,1-3H3,(H,29,33)(H,30,31). The Bertz CT molecular complexity index is 1100. The summed E-state index contributed by atoms with van der Waals surface area (Å²) in [5, 5.41) is 10.2. The highest BCUT2D eigenvalue weighted by atomic mass is 19.1. The van der Waals surface area contributed by atoms with E-state index in [1.807, 2.05) is 30.3 Å². The minimum Gasteiger partial charge on any atom is -0.497 e. The molecule has 0 bridgehead atoms. The summed E-state index contributed by atoms with van der Waals surface area (Å²) in [6.45, 7) is 2.10. The second-order valence-electron chi connectivity index (χ2n) is 8.64. The van der Waals surface area contributed by atoms with E-state index < -0.39 is 0 Å². The number of halogens is 1. The molecule has 0 aliphatic rings. The van der Waals surface area contributed by atoms with Crippen molar-refractivity contribution < 1.29 is 18.7 Å². The van der Waals surface area contributed by atoms with Crippen LogP contribution in [0.4, 0.5) is 4.39 Å².